The van der Waals surface area contributed by atoms with Crippen LogP contribution in [0.5, 0.6) is 0 Å². The molecule has 5 saturated carbocycles. The van der Waals surface area contributed by atoms with E-state index in [1.807, 2.05) is 141 Å². The maximum Gasteiger partial charge on any atom is 0.249 e. The second-order valence-corrected chi connectivity index (χ2v) is 32.4. The number of Topliss-reactive ketones (excluding diaryl/α,β-unsaturated/α-hetero) is 6. The van der Waals surface area contributed by atoms with Crippen LogP contribution in [0.25, 0.3) is 0 Å². The van der Waals surface area contributed by atoms with E-state index < -0.39 is 0 Å². The number of rotatable bonds is 24. The predicted molar refractivity (Wildman–Crippen MR) is 421 cm³/mol. The molecule has 7 fully saturated rings. The van der Waals surface area contributed by atoms with E-state index in [1.54, 1.807) is 18.5 Å². The molecule has 2 saturated heterocycles. The third-order valence-corrected chi connectivity index (χ3v) is 20.0. The fourth-order valence-corrected chi connectivity index (χ4v) is 12.1. The van der Waals surface area contributed by atoms with Gasteiger partial charge in [-0.05, 0) is 80.6 Å². The highest BCUT2D eigenvalue weighted by molar-refractivity contribution is 5.83. The number of ketones is 6. The third kappa shape index (κ3) is 50.8. The first kappa shape index (κ1) is 101. The van der Waals surface area contributed by atoms with Crippen molar-refractivity contribution in [2.45, 2.75) is 340 Å². The quantitative estimate of drug-likeness (QED) is 0.0890. The molecule has 15 heteroatoms. The zero-order chi connectivity index (χ0) is 75.0. The molecule has 1 aromatic rings. The first-order valence-corrected chi connectivity index (χ1v) is 40.2. The SMILES string of the molecule is C.C.CC(C)C(=O)CC1CC1.CC(C)C(=O)CC1CCC1.CC(C)C(=O)CC1CCCC1.CC(C)C(=O)CC1CCCCC1.CC(C)C(=O)CC1CCCCCC1.CC(C)C(=O)CC1CCOCC1.CC(C)C(=O)N1CCOCC1.CC(C)C(=O)n1cccn1.CCCN(CC)C(=O)C(C)C. The van der Waals surface area contributed by atoms with Crippen LogP contribution in [-0.4, -0.2) is 125 Å². The number of hydrogen-bond acceptors (Lipinski definition) is 12. The van der Waals surface area contributed by atoms with Gasteiger partial charge in [0.2, 0.25) is 17.7 Å². The van der Waals surface area contributed by atoms with Gasteiger partial charge in [0.15, 0.2) is 0 Å². The van der Waals surface area contributed by atoms with Crippen molar-refractivity contribution >= 4 is 52.4 Å². The zero-order valence-corrected chi connectivity index (χ0v) is 67.3. The highest BCUT2D eigenvalue weighted by Crippen LogP contribution is 2.34. The van der Waals surface area contributed by atoms with Gasteiger partial charge in [-0.2, -0.15) is 5.10 Å². The minimum Gasteiger partial charge on any atom is -0.381 e. The molecule has 0 spiro atoms. The first-order valence-electron chi connectivity index (χ1n) is 40.2. The highest BCUT2D eigenvalue weighted by atomic mass is 16.5. The molecule has 2 amide bonds. The van der Waals surface area contributed by atoms with Crippen molar-refractivity contribution in [2.75, 3.05) is 52.6 Å². The van der Waals surface area contributed by atoms with Crippen molar-refractivity contribution in [3.63, 3.8) is 0 Å². The Balaban J connectivity index is -0.00000107. The summed E-state index contributed by atoms with van der Waals surface area (Å²) in [5.74, 6) is 9.18. The molecule has 0 atom stereocenters. The highest BCUT2D eigenvalue weighted by Gasteiger charge is 2.27. The monoisotopic (exact) mass is 1430 g/mol. The molecule has 0 radical (unpaired) electrons. The molecular weight excluding hydrogens is 1260 g/mol. The average molecular weight is 1430 g/mol. The summed E-state index contributed by atoms with van der Waals surface area (Å²) < 4.78 is 11.7. The van der Waals surface area contributed by atoms with Crippen LogP contribution in [0.2, 0.25) is 0 Å². The molecular formula is C86H160N4O11. The first-order chi connectivity index (χ1) is 46.8. The number of carbonyl (C=O) groups is 9. The molecule has 7 aliphatic rings. The summed E-state index contributed by atoms with van der Waals surface area (Å²) >= 11 is 0. The Hall–Kier alpha value is -4.24. The van der Waals surface area contributed by atoms with E-state index in [0.29, 0.717) is 65.7 Å². The summed E-state index contributed by atoms with van der Waals surface area (Å²) in [6, 6.07) is 1.74. The van der Waals surface area contributed by atoms with Crippen molar-refractivity contribution < 1.29 is 52.6 Å². The Labute approximate surface area is 621 Å². The molecule has 101 heavy (non-hydrogen) atoms. The zero-order valence-electron chi connectivity index (χ0n) is 67.3. The van der Waals surface area contributed by atoms with Gasteiger partial charge in [-0.25, -0.2) is 4.68 Å². The van der Waals surface area contributed by atoms with E-state index in [0.717, 1.165) is 115 Å². The van der Waals surface area contributed by atoms with Crippen molar-refractivity contribution in [2.24, 2.45) is 88.8 Å². The van der Waals surface area contributed by atoms with Gasteiger partial charge in [-0.15, -0.1) is 0 Å². The standard InChI is InChI=1S/C12H22O.C11H20O.C10H18O2.C10H18O.C9H19NO.C9H16O.C8H15NO2.C8H14O.C7H10N2O.2CH4/c1-10(2)12(13)9-11-7-5-3-4-6-8-11;1-9(2)11(12)8-10-6-4-3-5-7-10;1-8(2)10(11)7-9-3-5-12-6-4-9;1-8(2)10(11)7-9-5-3-4-6-9;1-5-7-10(6-2)9(11)8(3)4;1-7(2)9(10)6-8-4-3-5-8;1-7(2)8(10)9-3-5-11-6-4-9;1-6(2)8(9)5-7-3-4-7;1-6(2)7(10)9-5-3-4-8-9;;/h10-11H,3-9H2,1-2H3;9-10H,3-8H2,1-2H3;8-9H,3-7H2,1-2H3;8-9H,3-7H2,1-2H3;8H,5-7H2,1-4H3;7-8H,3-6H2,1-2H3;7H,3-6H2,1-2H3;6-7H,3-5H2,1-2H3;3-6H,1-2H3;2*1H4. The number of carbonyl (C=O) groups excluding carboxylic acids is 9. The van der Waals surface area contributed by atoms with E-state index in [9.17, 15) is 43.2 Å². The van der Waals surface area contributed by atoms with Crippen LogP contribution < -0.4 is 0 Å². The smallest absolute Gasteiger partial charge is 0.249 e. The molecule has 1 aromatic heterocycles. The lowest BCUT2D eigenvalue weighted by Gasteiger charge is -2.28. The molecule has 0 aromatic carbocycles. The lowest BCUT2D eigenvalue weighted by Crippen LogP contribution is -2.42. The Kier molecular flexibility index (Phi) is 59.9. The normalized spacial score (nSPS) is 17.2. The summed E-state index contributed by atoms with van der Waals surface area (Å²) in [6.07, 6.45) is 37.9. The van der Waals surface area contributed by atoms with Gasteiger partial charge < -0.3 is 19.3 Å². The third-order valence-electron chi connectivity index (χ3n) is 20.0. The van der Waals surface area contributed by atoms with Crippen LogP contribution in [0.4, 0.5) is 0 Å². The summed E-state index contributed by atoms with van der Waals surface area (Å²) in [5.41, 5.74) is 0. The predicted octanol–water partition coefficient (Wildman–Crippen LogP) is 20.8. The fourth-order valence-electron chi connectivity index (χ4n) is 12.1. The summed E-state index contributed by atoms with van der Waals surface area (Å²) in [6.45, 7) is 45.8. The molecule has 8 rings (SSSR count). The number of nitrogens with zero attached hydrogens (tertiary/aromatic N) is 4. The average Bonchev–Trinajstić information content (AvgIpc) is 1.90. The number of hydrogen-bond donors (Lipinski definition) is 0. The van der Waals surface area contributed by atoms with Crippen LogP contribution >= 0.6 is 0 Å². The maximum absolute atomic E-state index is 11.5. The van der Waals surface area contributed by atoms with Crippen LogP contribution in [0.15, 0.2) is 18.5 Å². The second-order valence-electron chi connectivity index (χ2n) is 32.4. The lowest BCUT2D eigenvalue weighted by atomic mass is 9.80. The van der Waals surface area contributed by atoms with E-state index in [1.165, 1.54) is 133 Å². The van der Waals surface area contributed by atoms with Gasteiger partial charge in [0.05, 0.1) is 13.2 Å². The van der Waals surface area contributed by atoms with Crippen LogP contribution in [0, 0.1) is 88.8 Å². The van der Waals surface area contributed by atoms with Gasteiger partial charge in [-0.1, -0.05) is 262 Å². The second kappa shape index (κ2) is 60.0. The molecule has 15 nitrogen and oxygen atoms in total. The number of morpholine rings is 1. The lowest BCUT2D eigenvalue weighted by molar-refractivity contribution is -0.138. The topological polar surface area (TPSA) is 196 Å². The minimum atomic E-state index is 0. The molecule has 5 aliphatic carbocycles. The van der Waals surface area contributed by atoms with Gasteiger partial charge in [-0.3, -0.25) is 43.2 Å². The van der Waals surface area contributed by atoms with E-state index in [-0.39, 0.29) is 85.8 Å². The Bertz CT molecular complexity index is 2240. The number of aromatic nitrogens is 2. The Morgan fingerprint density at radius 1 is 0.366 bits per heavy atom. The Morgan fingerprint density at radius 2 is 0.653 bits per heavy atom. The van der Waals surface area contributed by atoms with Crippen LogP contribution in [0.3, 0.4) is 0 Å². The molecule has 0 N–H and O–H groups in total. The van der Waals surface area contributed by atoms with Gasteiger partial charge >= 0.3 is 0 Å². The molecule has 3 heterocycles. The number of amides is 2. The fraction of sp³-hybridized carbons (Fsp3) is 0.860. The van der Waals surface area contributed by atoms with Gasteiger partial charge in [0.1, 0.15) is 34.7 Å². The molecule has 0 unspecified atom stereocenters. The Morgan fingerprint density at radius 3 is 0.901 bits per heavy atom. The molecule has 590 valence electrons. The van der Waals surface area contributed by atoms with Crippen molar-refractivity contribution in [1.29, 1.82) is 0 Å². The summed E-state index contributed by atoms with van der Waals surface area (Å²) in [7, 11) is 0. The van der Waals surface area contributed by atoms with Crippen molar-refractivity contribution in [3.05, 3.63) is 18.5 Å². The molecule has 2 aliphatic heterocycles. The van der Waals surface area contributed by atoms with Crippen LogP contribution in [0.1, 0.15) is 344 Å². The maximum atomic E-state index is 11.5. The number of ether oxygens (including phenoxy) is 2. The van der Waals surface area contributed by atoms with Crippen molar-refractivity contribution in [1.82, 2.24) is 19.6 Å². The summed E-state index contributed by atoms with van der Waals surface area (Å²) in [4.78, 5) is 105. The minimum absolute atomic E-state index is 0. The van der Waals surface area contributed by atoms with E-state index in [2.05, 4.69) is 12.0 Å². The summed E-state index contributed by atoms with van der Waals surface area (Å²) in [5, 5.41) is 3.80. The molecule has 0 bridgehead atoms. The van der Waals surface area contributed by atoms with E-state index >= 15 is 0 Å². The van der Waals surface area contributed by atoms with E-state index in [4.69, 9.17) is 9.47 Å². The van der Waals surface area contributed by atoms with Crippen LogP contribution in [-0.2, 0) is 47.8 Å². The van der Waals surface area contributed by atoms with Gasteiger partial charge in [0, 0.05) is 144 Å². The van der Waals surface area contributed by atoms with Gasteiger partial charge in [0.25, 0.3) is 0 Å². The largest absolute Gasteiger partial charge is 0.381 e. The van der Waals surface area contributed by atoms with Crippen molar-refractivity contribution in [3.8, 4) is 0 Å².